The van der Waals surface area contributed by atoms with Crippen molar-refractivity contribution in [2.75, 3.05) is 5.32 Å². The zero-order valence-electron chi connectivity index (χ0n) is 15.0. The standard InChI is InChI=1S/C18H25N5O2/c1-10-4-6-13(7-5-10)16(19)18(24)22-14-8-20-17(21-9-14)15-11(2)23-25-12(15)3/h8-10,13,16H,4-7,19H2,1-3H3,(H,22,24)/t10?,13?,16-/m0/s1. The summed E-state index contributed by atoms with van der Waals surface area (Å²) in [6, 6.07) is -0.491. The number of nitrogens with one attached hydrogen (secondary N) is 1. The van der Waals surface area contributed by atoms with Crippen molar-refractivity contribution in [3.05, 3.63) is 23.8 Å². The first-order chi connectivity index (χ1) is 12.0. The van der Waals surface area contributed by atoms with E-state index in [0.29, 0.717) is 17.3 Å². The maximum Gasteiger partial charge on any atom is 0.241 e. The van der Waals surface area contributed by atoms with Crippen molar-refractivity contribution < 1.29 is 9.32 Å². The Kier molecular flexibility index (Phi) is 5.13. The molecule has 0 bridgehead atoms. The Bertz CT molecular complexity index is 713. The number of carbonyl (C=O) groups is 1. The molecule has 3 rings (SSSR count). The minimum atomic E-state index is -0.491. The fraction of sp³-hybridized carbons (Fsp3) is 0.556. The number of nitrogens with zero attached hydrogens (tertiary/aromatic N) is 3. The van der Waals surface area contributed by atoms with Gasteiger partial charge in [0.1, 0.15) is 5.76 Å². The van der Waals surface area contributed by atoms with Crippen molar-refractivity contribution >= 4 is 11.6 Å². The summed E-state index contributed by atoms with van der Waals surface area (Å²) in [5.74, 6) is 2.01. The van der Waals surface area contributed by atoms with Gasteiger partial charge in [-0.15, -0.1) is 0 Å². The first kappa shape index (κ1) is 17.5. The zero-order valence-corrected chi connectivity index (χ0v) is 15.0. The van der Waals surface area contributed by atoms with Crippen LogP contribution in [0.4, 0.5) is 5.69 Å². The highest BCUT2D eigenvalue weighted by atomic mass is 16.5. The molecule has 0 unspecified atom stereocenters. The van der Waals surface area contributed by atoms with Crippen LogP contribution in [-0.2, 0) is 4.79 Å². The lowest BCUT2D eigenvalue weighted by atomic mass is 9.79. The number of aryl methyl sites for hydroxylation is 2. The van der Waals surface area contributed by atoms with Crippen molar-refractivity contribution in [1.29, 1.82) is 0 Å². The summed E-state index contributed by atoms with van der Waals surface area (Å²) >= 11 is 0. The minimum absolute atomic E-state index is 0.173. The number of aromatic nitrogens is 3. The van der Waals surface area contributed by atoms with Crippen LogP contribution in [0.1, 0.15) is 44.1 Å². The summed E-state index contributed by atoms with van der Waals surface area (Å²) < 4.78 is 5.13. The summed E-state index contributed by atoms with van der Waals surface area (Å²) in [7, 11) is 0. The minimum Gasteiger partial charge on any atom is -0.361 e. The number of anilines is 1. The van der Waals surface area contributed by atoms with Crippen LogP contribution < -0.4 is 11.1 Å². The fourth-order valence-corrected chi connectivity index (χ4v) is 3.41. The predicted molar refractivity (Wildman–Crippen MR) is 94.7 cm³/mol. The topological polar surface area (TPSA) is 107 Å². The van der Waals surface area contributed by atoms with Crippen LogP contribution in [0.15, 0.2) is 16.9 Å². The van der Waals surface area contributed by atoms with E-state index in [4.69, 9.17) is 10.3 Å². The molecular formula is C18H25N5O2. The highest BCUT2D eigenvalue weighted by Gasteiger charge is 2.28. The van der Waals surface area contributed by atoms with E-state index in [-0.39, 0.29) is 11.8 Å². The van der Waals surface area contributed by atoms with Crippen LogP contribution in [-0.4, -0.2) is 27.1 Å². The summed E-state index contributed by atoms with van der Waals surface area (Å²) in [6.07, 6.45) is 7.47. The van der Waals surface area contributed by atoms with Crippen LogP contribution in [0, 0.1) is 25.7 Å². The first-order valence-electron chi connectivity index (χ1n) is 8.77. The number of rotatable bonds is 4. The highest BCUT2D eigenvalue weighted by Crippen LogP contribution is 2.30. The molecule has 3 N–H and O–H groups in total. The molecule has 0 aliphatic heterocycles. The molecule has 1 amide bonds. The summed E-state index contributed by atoms with van der Waals surface area (Å²) in [5.41, 5.74) is 8.22. The number of hydrogen-bond acceptors (Lipinski definition) is 6. The molecule has 0 radical (unpaired) electrons. The monoisotopic (exact) mass is 343 g/mol. The molecule has 2 aromatic heterocycles. The molecule has 0 spiro atoms. The van der Waals surface area contributed by atoms with Gasteiger partial charge >= 0.3 is 0 Å². The second-order valence-electron chi connectivity index (χ2n) is 7.03. The third-order valence-corrected chi connectivity index (χ3v) is 5.05. The van der Waals surface area contributed by atoms with E-state index in [1.165, 1.54) is 0 Å². The molecule has 1 fully saturated rings. The van der Waals surface area contributed by atoms with Gasteiger partial charge in [0.15, 0.2) is 5.82 Å². The Hall–Kier alpha value is -2.28. The second kappa shape index (κ2) is 7.31. The normalized spacial score (nSPS) is 21.8. The molecule has 0 aromatic carbocycles. The van der Waals surface area contributed by atoms with Gasteiger partial charge in [-0.1, -0.05) is 24.9 Å². The van der Waals surface area contributed by atoms with Gasteiger partial charge in [-0.3, -0.25) is 4.79 Å². The molecule has 1 atom stereocenters. The summed E-state index contributed by atoms with van der Waals surface area (Å²) in [4.78, 5) is 21.0. The van der Waals surface area contributed by atoms with E-state index in [1.807, 2.05) is 13.8 Å². The van der Waals surface area contributed by atoms with Crippen LogP contribution in [0.2, 0.25) is 0 Å². The molecule has 0 saturated heterocycles. The lowest BCUT2D eigenvalue weighted by Gasteiger charge is -2.29. The molecular weight excluding hydrogens is 318 g/mol. The Morgan fingerprint density at radius 3 is 2.44 bits per heavy atom. The van der Waals surface area contributed by atoms with Crippen molar-refractivity contribution in [1.82, 2.24) is 15.1 Å². The molecule has 1 aliphatic rings. The van der Waals surface area contributed by atoms with E-state index < -0.39 is 6.04 Å². The van der Waals surface area contributed by atoms with Crippen LogP contribution in [0.3, 0.4) is 0 Å². The van der Waals surface area contributed by atoms with Gasteiger partial charge in [-0.2, -0.15) is 0 Å². The van der Waals surface area contributed by atoms with Crippen LogP contribution in [0.5, 0.6) is 0 Å². The second-order valence-corrected chi connectivity index (χ2v) is 7.03. The Morgan fingerprint density at radius 1 is 1.24 bits per heavy atom. The maximum atomic E-state index is 12.4. The molecule has 2 heterocycles. The fourth-order valence-electron chi connectivity index (χ4n) is 3.41. The van der Waals surface area contributed by atoms with Gasteiger partial charge in [0, 0.05) is 0 Å². The quantitative estimate of drug-likeness (QED) is 0.884. The van der Waals surface area contributed by atoms with Gasteiger partial charge in [-0.05, 0) is 38.5 Å². The van der Waals surface area contributed by atoms with Crippen molar-refractivity contribution in [2.24, 2.45) is 17.6 Å². The maximum absolute atomic E-state index is 12.4. The lowest BCUT2D eigenvalue weighted by Crippen LogP contribution is -2.43. The van der Waals surface area contributed by atoms with Gasteiger partial charge in [0.05, 0.1) is 35.4 Å². The number of hydrogen-bond donors (Lipinski definition) is 2. The van der Waals surface area contributed by atoms with Crippen molar-refractivity contribution in [2.45, 2.75) is 52.5 Å². The smallest absolute Gasteiger partial charge is 0.241 e. The number of nitrogens with two attached hydrogens (primary N) is 1. The molecule has 1 saturated carbocycles. The number of amides is 1. The molecule has 7 heteroatoms. The van der Waals surface area contributed by atoms with Crippen molar-refractivity contribution in [3.63, 3.8) is 0 Å². The van der Waals surface area contributed by atoms with Gasteiger partial charge in [0.2, 0.25) is 5.91 Å². The van der Waals surface area contributed by atoms with Gasteiger partial charge in [-0.25, -0.2) is 9.97 Å². The molecule has 2 aromatic rings. The van der Waals surface area contributed by atoms with Gasteiger partial charge < -0.3 is 15.6 Å². The third-order valence-electron chi connectivity index (χ3n) is 5.05. The summed E-state index contributed by atoms with van der Waals surface area (Å²) in [6.45, 7) is 5.91. The van der Waals surface area contributed by atoms with E-state index in [1.54, 1.807) is 12.4 Å². The summed E-state index contributed by atoms with van der Waals surface area (Å²) in [5, 5.41) is 6.73. The third kappa shape index (κ3) is 3.87. The molecule has 7 nitrogen and oxygen atoms in total. The average Bonchev–Trinajstić information content (AvgIpc) is 2.94. The Morgan fingerprint density at radius 2 is 1.88 bits per heavy atom. The average molecular weight is 343 g/mol. The molecule has 134 valence electrons. The van der Waals surface area contributed by atoms with Crippen molar-refractivity contribution in [3.8, 4) is 11.4 Å². The lowest BCUT2D eigenvalue weighted by molar-refractivity contribution is -0.118. The van der Waals surface area contributed by atoms with Crippen LogP contribution in [0.25, 0.3) is 11.4 Å². The largest absolute Gasteiger partial charge is 0.361 e. The zero-order chi connectivity index (χ0) is 18.0. The van der Waals surface area contributed by atoms with Crippen LogP contribution >= 0.6 is 0 Å². The van der Waals surface area contributed by atoms with E-state index in [9.17, 15) is 4.79 Å². The van der Waals surface area contributed by atoms with E-state index in [0.717, 1.165) is 42.9 Å². The first-order valence-corrected chi connectivity index (χ1v) is 8.77. The van der Waals surface area contributed by atoms with Gasteiger partial charge in [0.25, 0.3) is 0 Å². The SMILES string of the molecule is Cc1noc(C)c1-c1ncc(NC(=O)[C@@H](N)C2CCC(C)CC2)cn1. The Labute approximate surface area is 147 Å². The number of carbonyl (C=O) groups excluding carboxylic acids is 1. The van der Waals surface area contributed by atoms with E-state index in [2.05, 4.69) is 27.4 Å². The van der Waals surface area contributed by atoms with E-state index >= 15 is 0 Å². The molecule has 1 aliphatic carbocycles. The predicted octanol–water partition coefficient (Wildman–Crippen LogP) is 2.84. The Balaban J connectivity index is 1.64. The molecule has 25 heavy (non-hydrogen) atoms. The highest BCUT2D eigenvalue weighted by molar-refractivity contribution is 5.94.